The van der Waals surface area contributed by atoms with E-state index in [-0.39, 0.29) is 10.9 Å². The molecule has 2 aromatic heterocycles. The largest absolute Gasteiger partial charge is 0.494 e. The molecular weight excluding hydrogens is 394 g/mol. The molecule has 3 aromatic rings. The number of nitrogens with zero attached hydrogens (tertiary/aromatic N) is 2. The molecule has 0 fully saturated rings. The highest BCUT2D eigenvalue weighted by Crippen LogP contribution is 2.24. The van der Waals surface area contributed by atoms with Gasteiger partial charge in [-0.15, -0.1) is 11.3 Å². The lowest BCUT2D eigenvalue weighted by molar-refractivity contribution is -0.118. The lowest BCUT2D eigenvalue weighted by atomic mass is 10.2. The molecular formula is C20H21N3O5S. The second-order valence-corrected chi connectivity index (χ2v) is 7.17. The molecule has 0 aliphatic carbocycles. The molecule has 2 heterocycles. The van der Waals surface area contributed by atoms with Crippen LogP contribution in [0, 0.1) is 0 Å². The first kappa shape index (κ1) is 20.5. The van der Waals surface area contributed by atoms with Crippen LogP contribution in [-0.4, -0.2) is 33.1 Å². The summed E-state index contributed by atoms with van der Waals surface area (Å²) in [4.78, 5) is 42.1. The van der Waals surface area contributed by atoms with Crippen LogP contribution in [0.15, 0.2) is 34.4 Å². The number of carbonyl (C=O) groups is 2. The molecule has 8 nitrogen and oxygen atoms in total. The zero-order valence-corrected chi connectivity index (χ0v) is 17.1. The van der Waals surface area contributed by atoms with E-state index in [1.54, 1.807) is 31.2 Å². The Hall–Kier alpha value is -3.20. The number of rotatable bonds is 7. The van der Waals surface area contributed by atoms with Crippen molar-refractivity contribution in [3.8, 4) is 5.75 Å². The average Bonchev–Trinajstić information content (AvgIpc) is 3.13. The maximum Gasteiger partial charge on any atom is 0.337 e. The van der Waals surface area contributed by atoms with Crippen molar-refractivity contribution in [3.05, 3.63) is 51.4 Å². The number of benzene rings is 1. The number of carboxylic acid groups (broad SMARTS) is 1. The van der Waals surface area contributed by atoms with E-state index in [4.69, 9.17) is 4.74 Å². The fraction of sp³-hybridized carbons (Fsp3) is 0.300. The first-order valence-corrected chi connectivity index (χ1v) is 10.0. The predicted octanol–water partition coefficient (Wildman–Crippen LogP) is 3.32. The van der Waals surface area contributed by atoms with Crippen molar-refractivity contribution in [3.63, 3.8) is 0 Å². The van der Waals surface area contributed by atoms with E-state index in [9.17, 15) is 19.5 Å². The second-order valence-electron chi connectivity index (χ2n) is 6.31. The van der Waals surface area contributed by atoms with E-state index in [2.05, 4.69) is 10.3 Å². The number of fused-ring (bicyclic) bond motifs is 1. The molecule has 0 bridgehead atoms. The summed E-state index contributed by atoms with van der Waals surface area (Å²) < 4.78 is 6.65. The quantitative estimate of drug-likeness (QED) is 0.612. The number of aryl methyl sites for hydroxylation is 1. The van der Waals surface area contributed by atoms with E-state index in [0.717, 1.165) is 11.3 Å². The number of nitrogens with one attached hydrogen (secondary N) is 1. The molecule has 1 aromatic carbocycles. The average molecular weight is 415 g/mol. The van der Waals surface area contributed by atoms with Crippen molar-refractivity contribution in [1.82, 2.24) is 9.55 Å². The summed E-state index contributed by atoms with van der Waals surface area (Å²) in [5.74, 6) is -0.483. The summed E-state index contributed by atoms with van der Waals surface area (Å²) in [6.07, 6.45) is 0.423. The highest BCUT2D eigenvalue weighted by molar-refractivity contribution is 7.17. The van der Waals surface area contributed by atoms with Gasteiger partial charge in [0, 0.05) is 17.5 Å². The first-order valence-electron chi connectivity index (χ1n) is 9.17. The van der Waals surface area contributed by atoms with Crippen molar-refractivity contribution < 1.29 is 19.4 Å². The van der Waals surface area contributed by atoms with Crippen LogP contribution in [0.2, 0.25) is 0 Å². The molecule has 1 atom stereocenters. The zero-order chi connectivity index (χ0) is 21.1. The highest BCUT2D eigenvalue weighted by atomic mass is 32.1. The number of carboxylic acids is 1. The smallest absolute Gasteiger partial charge is 0.337 e. The standard InChI is InChI=1S/C20H21N3O5S/c1-4-15-22-18-16(14(10-29-18)20(26)27)19(25)23(15)11(3)17(24)21-12-6-8-13(9-7-12)28-5-2/h6-11H,4-5H2,1-3H3,(H,21,24)(H,26,27). The summed E-state index contributed by atoms with van der Waals surface area (Å²) in [6.45, 7) is 5.84. The van der Waals surface area contributed by atoms with Gasteiger partial charge in [0.2, 0.25) is 5.91 Å². The normalized spacial score (nSPS) is 12.0. The van der Waals surface area contributed by atoms with E-state index in [0.29, 0.717) is 35.1 Å². The molecule has 2 N–H and O–H groups in total. The summed E-state index contributed by atoms with van der Waals surface area (Å²) >= 11 is 1.10. The van der Waals surface area contributed by atoms with Crippen molar-refractivity contribution in [1.29, 1.82) is 0 Å². The molecule has 0 saturated carbocycles. The molecule has 9 heteroatoms. The lowest BCUT2D eigenvalue weighted by Crippen LogP contribution is -2.34. The second kappa shape index (κ2) is 8.44. The van der Waals surface area contributed by atoms with Crippen LogP contribution in [0.1, 0.15) is 43.0 Å². The Balaban J connectivity index is 1.96. The minimum Gasteiger partial charge on any atom is -0.494 e. The Kier molecular flexibility index (Phi) is 5.97. The Bertz CT molecular complexity index is 1120. The van der Waals surface area contributed by atoms with Crippen LogP contribution in [0.25, 0.3) is 10.2 Å². The monoisotopic (exact) mass is 415 g/mol. The van der Waals surface area contributed by atoms with Crippen LogP contribution in [0.5, 0.6) is 5.75 Å². The minimum absolute atomic E-state index is 0.0282. The van der Waals surface area contributed by atoms with Crippen molar-refractivity contribution in [2.24, 2.45) is 0 Å². The Morgan fingerprint density at radius 1 is 1.28 bits per heavy atom. The van der Waals surface area contributed by atoms with Crippen LogP contribution in [-0.2, 0) is 11.2 Å². The molecule has 0 aliphatic rings. The molecule has 152 valence electrons. The van der Waals surface area contributed by atoms with E-state index in [1.165, 1.54) is 9.95 Å². The molecule has 0 radical (unpaired) electrons. The van der Waals surface area contributed by atoms with E-state index < -0.39 is 23.5 Å². The van der Waals surface area contributed by atoms with Gasteiger partial charge in [-0.25, -0.2) is 9.78 Å². The van der Waals surface area contributed by atoms with Gasteiger partial charge in [0.05, 0.1) is 17.6 Å². The molecule has 1 amide bonds. The third-order valence-electron chi connectivity index (χ3n) is 4.46. The van der Waals surface area contributed by atoms with Gasteiger partial charge in [-0.2, -0.15) is 0 Å². The van der Waals surface area contributed by atoms with Gasteiger partial charge in [0.15, 0.2) is 0 Å². The van der Waals surface area contributed by atoms with Crippen LogP contribution < -0.4 is 15.6 Å². The number of anilines is 1. The van der Waals surface area contributed by atoms with Crippen molar-refractivity contribution in [2.75, 3.05) is 11.9 Å². The van der Waals surface area contributed by atoms with Crippen LogP contribution >= 0.6 is 11.3 Å². The summed E-state index contributed by atoms with van der Waals surface area (Å²) in [5, 5.41) is 13.6. The van der Waals surface area contributed by atoms with Gasteiger partial charge in [-0.1, -0.05) is 6.92 Å². The van der Waals surface area contributed by atoms with Gasteiger partial charge >= 0.3 is 5.97 Å². The fourth-order valence-electron chi connectivity index (χ4n) is 3.02. The van der Waals surface area contributed by atoms with Gasteiger partial charge < -0.3 is 15.2 Å². The van der Waals surface area contributed by atoms with E-state index in [1.807, 2.05) is 13.8 Å². The lowest BCUT2D eigenvalue weighted by Gasteiger charge is -2.18. The number of ether oxygens (including phenoxy) is 1. The predicted molar refractivity (Wildman–Crippen MR) is 111 cm³/mol. The maximum absolute atomic E-state index is 13.1. The summed E-state index contributed by atoms with van der Waals surface area (Å²) in [5.41, 5.74) is -0.0648. The molecule has 0 saturated heterocycles. The minimum atomic E-state index is -1.20. The SMILES string of the molecule is CCOc1ccc(NC(=O)C(C)n2c(CC)nc3scc(C(=O)O)c3c2=O)cc1. The fourth-order valence-corrected chi connectivity index (χ4v) is 3.94. The van der Waals surface area contributed by atoms with Gasteiger partial charge in [0.1, 0.15) is 22.4 Å². The summed E-state index contributed by atoms with van der Waals surface area (Å²) in [6, 6.07) is 6.03. The number of hydrogen-bond acceptors (Lipinski definition) is 6. The molecule has 0 aliphatic heterocycles. The third-order valence-corrected chi connectivity index (χ3v) is 5.33. The number of aromatic nitrogens is 2. The molecule has 29 heavy (non-hydrogen) atoms. The Labute approximate surface area is 170 Å². The third kappa shape index (κ3) is 4.00. The number of thiophene rings is 1. The highest BCUT2D eigenvalue weighted by Gasteiger charge is 2.24. The van der Waals surface area contributed by atoms with Gasteiger partial charge in [0.25, 0.3) is 5.56 Å². The van der Waals surface area contributed by atoms with Crippen molar-refractivity contribution in [2.45, 2.75) is 33.2 Å². The topological polar surface area (TPSA) is 111 Å². The molecule has 0 spiro atoms. The molecule has 1 unspecified atom stereocenters. The number of aromatic carboxylic acids is 1. The van der Waals surface area contributed by atoms with Gasteiger partial charge in [-0.3, -0.25) is 14.2 Å². The van der Waals surface area contributed by atoms with E-state index >= 15 is 0 Å². The summed E-state index contributed by atoms with van der Waals surface area (Å²) in [7, 11) is 0. The molecule has 3 rings (SSSR count). The number of carbonyl (C=O) groups excluding carboxylic acids is 1. The Morgan fingerprint density at radius 2 is 1.97 bits per heavy atom. The van der Waals surface area contributed by atoms with Crippen molar-refractivity contribution >= 4 is 39.1 Å². The number of hydrogen-bond donors (Lipinski definition) is 2. The number of amides is 1. The van der Waals surface area contributed by atoms with Gasteiger partial charge in [-0.05, 0) is 38.1 Å². The maximum atomic E-state index is 13.1. The van der Waals surface area contributed by atoms with Crippen LogP contribution in [0.4, 0.5) is 5.69 Å². The van der Waals surface area contributed by atoms with Crippen LogP contribution in [0.3, 0.4) is 0 Å². The zero-order valence-electron chi connectivity index (χ0n) is 16.3. The Morgan fingerprint density at radius 3 is 2.55 bits per heavy atom. The first-order chi connectivity index (χ1) is 13.9.